The van der Waals surface area contributed by atoms with E-state index in [0.717, 1.165) is 62.7 Å². The number of hydrogen-bond donors (Lipinski definition) is 0. The lowest BCUT2D eigenvalue weighted by atomic mass is 9.59. The van der Waals surface area contributed by atoms with Crippen LogP contribution in [0.1, 0.15) is 193 Å². The van der Waals surface area contributed by atoms with E-state index in [1.165, 1.54) is 134 Å². The molecule has 2 unspecified atom stereocenters. The van der Waals surface area contributed by atoms with Gasteiger partial charge < -0.3 is 14.4 Å². The summed E-state index contributed by atoms with van der Waals surface area (Å²) in [6, 6.07) is 0. The molecule has 6 nitrogen and oxygen atoms in total. The molecule has 3 aliphatic rings. The average Bonchev–Trinajstić information content (AvgIpc) is 3.43. The molecule has 1 aromatic heterocycles. The molecule has 0 bridgehead atoms. The van der Waals surface area contributed by atoms with Crippen molar-refractivity contribution in [3.63, 3.8) is 0 Å². The second kappa shape index (κ2) is 23.4. The molecule has 5 atom stereocenters. The zero-order valence-corrected chi connectivity index (χ0v) is 34.9. The lowest BCUT2D eigenvalue weighted by molar-refractivity contribution is -0.164. The van der Waals surface area contributed by atoms with Gasteiger partial charge in [0.25, 0.3) is 0 Å². The molecular weight excluding hydrogens is 665 g/mol. The number of hydrogen-bond acceptors (Lipinski definition) is 7. The summed E-state index contributed by atoms with van der Waals surface area (Å²) >= 11 is 1.77. The van der Waals surface area contributed by atoms with Crippen LogP contribution in [0.5, 0.6) is 0 Å². The quantitative estimate of drug-likeness (QED) is 0.0527. The van der Waals surface area contributed by atoms with E-state index < -0.39 is 0 Å². The van der Waals surface area contributed by atoms with Gasteiger partial charge in [0.15, 0.2) is 0 Å². The standard InChI is InChI=1S/C45H78N2O4S/c1-5-7-15-23-37(24-16-8-6-2)28-33-50-42(48)26-17-11-9-13-20-30-47(32-22-19-25-41-46-29-34-52-41)31-21-14-10-12-18-27-43(49)51-40-35-38-39-36-44(40,3)45(38,39)4/h29,34,37-40H,5-28,30-33,35-36H2,1-4H3/t38?,39-,40+,44+,45?/m0/s1. The van der Waals surface area contributed by atoms with Crippen molar-refractivity contribution in [3.8, 4) is 0 Å². The molecule has 1 aromatic rings. The Kier molecular flexibility index (Phi) is 19.5. The predicted molar refractivity (Wildman–Crippen MR) is 217 cm³/mol. The molecule has 0 radical (unpaired) electrons. The van der Waals surface area contributed by atoms with Crippen molar-refractivity contribution >= 4 is 23.3 Å². The van der Waals surface area contributed by atoms with Crippen molar-refractivity contribution < 1.29 is 19.1 Å². The van der Waals surface area contributed by atoms with Crippen LogP contribution in [0.15, 0.2) is 11.6 Å². The van der Waals surface area contributed by atoms with Crippen molar-refractivity contribution in [1.82, 2.24) is 9.88 Å². The normalized spacial score (nSPS) is 24.3. The Balaban J connectivity index is 1.01. The van der Waals surface area contributed by atoms with Gasteiger partial charge in [-0.05, 0) is 107 Å². The molecular formula is C45H78N2O4S. The number of unbranched alkanes of at least 4 members (excludes halogenated alkanes) is 13. The molecule has 298 valence electrons. The van der Waals surface area contributed by atoms with E-state index >= 15 is 0 Å². The molecule has 0 N–H and O–H groups in total. The number of aromatic nitrogens is 1. The maximum atomic E-state index is 12.6. The molecule has 4 rings (SSSR count). The third-order valence-corrected chi connectivity index (χ3v) is 14.6. The minimum atomic E-state index is 0.00471. The molecule has 7 heteroatoms. The summed E-state index contributed by atoms with van der Waals surface area (Å²) in [4.78, 5) is 32.1. The van der Waals surface area contributed by atoms with Crippen LogP contribution in [-0.4, -0.2) is 54.2 Å². The van der Waals surface area contributed by atoms with Gasteiger partial charge in [0.05, 0.1) is 11.6 Å². The largest absolute Gasteiger partial charge is 0.466 e. The fourth-order valence-corrected chi connectivity index (χ4v) is 10.7. The summed E-state index contributed by atoms with van der Waals surface area (Å²) < 4.78 is 11.7. The van der Waals surface area contributed by atoms with Crippen LogP contribution in [0.2, 0.25) is 0 Å². The van der Waals surface area contributed by atoms with Crippen molar-refractivity contribution in [2.45, 2.75) is 201 Å². The molecule has 52 heavy (non-hydrogen) atoms. The first-order valence-electron chi connectivity index (χ1n) is 22.3. The minimum Gasteiger partial charge on any atom is -0.466 e. The van der Waals surface area contributed by atoms with Crippen LogP contribution in [0.25, 0.3) is 0 Å². The Morgan fingerprint density at radius 2 is 1.37 bits per heavy atom. The van der Waals surface area contributed by atoms with Crippen LogP contribution < -0.4 is 0 Å². The van der Waals surface area contributed by atoms with Gasteiger partial charge in [0.1, 0.15) is 6.10 Å². The van der Waals surface area contributed by atoms with E-state index in [4.69, 9.17) is 9.47 Å². The second-order valence-electron chi connectivity index (χ2n) is 17.5. The fourth-order valence-electron chi connectivity index (χ4n) is 10.0. The number of fused-ring (bicyclic) bond motifs is 1. The lowest BCUT2D eigenvalue weighted by Gasteiger charge is -2.48. The topological polar surface area (TPSA) is 68.7 Å². The maximum Gasteiger partial charge on any atom is 0.306 e. The summed E-state index contributed by atoms with van der Waals surface area (Å²) in [7, 11) is 0. The van der Waals surface area contributed by atoms with E-state index in [1.807, 2.05) is 6.20 Å². The van der Waals surface area contributed by atoms with Crippen LogP contribution in [0.3, 0.4) is 0 Å². The Hall–Kier alpha value is -1.47. The van der Waals surface area contributed by atoms with Gasteiger partial charge in [-0.3, -0.25) is 9.59 Å². The van der Waals surface area contributed by atoms with Gasteiger partial charge in [-0.1, -0.05) is 118 Å². The predicted octanol–water partition coefficient (Wildman–Crippen LogP) is 12.1. The van der Waals surface area contributed by atoms with Gasteiger partial charge in [0, 0.05) is 29.8 Å². The smallest absolute Gasteiger partial charge is 0.306 e. The first-order chi connectivity index (χ1) is 25.3. The molecule has 3 aliphatic carbocycles. The second-order valence-corrected chi connectivity index (χ2v) is 18.4. The monoisotopic (exact) mass is 743 g/mol. The number of rotatable bonds is 33. The number of esters is 2. The SMILES string of the molecule is CCCCCC(CCCCC)CCOC(=O)CCCCCCCN(CCCCCCCC(=O)O[C@@H]1CC2[C@@H]3C[C@@]1(C)C23C)CCCCc1nccs1. The van der Waals surface area contributed by atoms with Crippen molar-refractivity contribution in [1.29, 1.82) is 0 Å². The molecule has 0 saturated heterocycles. The van der Waals surface area contributed by atoms with Gasteiger partial charge in [-0.25, -0.2) is 4.98 Å². The highest BCUT2D eigenvalue weighted by atomic mass is 32.1. The third-order valence-electron chi connectivity index (χ3n) is 13.8. The number of thiazole rings is 1. The maximum absolute atomic E-state index is 12.6. The molecule has 0 spiro atoms. The minimum absolute atomic E-state index is 0.00471. The Labute approximate surface area is 323 Å². The van der Waals surface area contributed by atoms with Gasteiger partial charge in [0.2, 0.25) is 0 Å². The fraction of sp³-hybridized carbons (Fsp3) is 0.889. The lowest BCUT2D eigenvalue weighted by Crippen LogP contribution is -2.47. The summed E-state index contributed by atoms with van der Waals surface area (Å²) in [5.74, 6) is 2.51. The molecule has 3 saturated carbocycles. The third kappa shape index (κ3) is 13.4. The zero-order valence-electron chi connectivity index (χ0n) is 34.1. The summed E-state index contributed by atoms with van der Waals surface area (Å²) in [6.07, 6.45) is 32.1. The molecule has 1 heterocycles. The zero-order chi connectivity index (χ0) is 37.1. The van der Waals surface area contributed by atoms with E-state index in [2.05, 4.69) is 43.0 Å². The van der Waals surface area contributed by atoms with Gasteiger partial charge in [-0.2, -0.15) is 0 Å². The van der Waals surface area contributed by atoms with E-state index in [9.17, 15) is 9.59 Å². The molecule has 3 fully saturated rings. The summed E-state index contributed by atoms with van der Waals surface area (Å²) in [5, 5.41) is 3.34. The van der Waals surface area contributed by atoms with Crippen molar-refractivity contribution in [3.05, 3.63) is 16.6 Å². The van der Waals surface area contributed by atoms with Crippen LogP contribution in [0, 0.1) is 28.6 Å². The van der Waals surface area contributed by atoms with Crippen molar-refractivity contribution in [2.75, 3.05) is 26.2 Å². The number of nitrogens with zero attached hydrogens (tertiary/aromatic N) is 2. The Bertz CT molecular complexity index is 1120. The summed E-state index contributed by atoms with van der Waals surface area (Å²) in [6.45, 7) is 13.4. The highest BCUT2D eigenvalue weighted by molar-refractivity contribution is 7.09. The Morgan fingerprint density at radius 3 is 1.92 bits per heavy atom. The van der Waals surface area contributed by atoms with E-state index in [1.54, 1.807) is 11.3 Å². The number of carbonyl (C=O) groups excluding carboxylic acids is 2. The Morgan fingerprint density at radius 1 is 0.769 bits per heavy atom. The van der Waals surface area contributed by atoms with E-state index in [-0.39, 0.29) is 23.5 Å². The van der Waals surface area contributed by atoms with Gasteiger partial charge in [-0.15, -0.1) is 11.3 Å². The van der Waals surface area contributed by atoms with Crippen molar-refractivity contribution in [2.24, 2.45) is 28.6 Å². The molecule has 0 aromatic carbocycles. The number of aryl methyl sites for hydroxylation is 1. The number of ether oxygens (including phenoxy) is 2. The molecule has 0 aliphatic heterocycles. The first-order valence-corrected chi connectivity index (χ1v) is 23.2. The average molecular weight is 743 g/mol. The van der Waals surface area contributed by atoms with E-state index in [0.29, 0.717) is 24.9 Å². The highest BCUT2D eigenvalue weighted by Crippen LogP contribution is 2.88. The summed E-state index contributed by atoms with van der Waals surface area (Å²) in [5.41, 5.74) is 0.736. The van der Waals surface area contributed by atoms with Crippen LogP contribution in [-0.2, 0) is 25.5 Å². The number of carbonyl (C=O) groups is 2. The molecule has 0 amide bonds. The first kappa shape index (κ1) is 43.3. The van der Waals surface area contributed by atoms with Crippen LogP contribution >= 0.6 is 11.3 Å². The van der Waals surface area contributed by atoms with Crippen LogP contribution in [0.4, 0.5) is 0 Å². The highest BCUT2D eigenvalue weighted by Gasteiger charge is 2.85. The van der Waals surface area contributed by atoms with Gasteiger partial charge >= 0.3 is 11.9 Å².